The summed E-state index contributed by atoms with van der Waals surface area (Å²) in [7, 11) is 0. The molecule has 1 unspecified atom stereocenters. The number of benzene rings is 1. The third-order valence-corrected chi connectivity index (χ3v) is 4.14. The summed E-state index contributed by atoms with van der Waals surface area (Å²) in [6, 6.07) is 5.42. The minimum Gasteiger partial charge on any atom is -0.310 e. The molecule has 0 spiro atoms. The molecule has 21 heavy (non-hydrogen) atoms. The molecule has 1 rings (SSSR count). The molecule has 0 saturated carbocycles. The van der Waals surface area contributed by atoms with Gasteiger partial charge in [0, 0.05) is 6.04 Å². The van der Waals surface area contributed by atoms with Gasteiger partial charge >= 0.3 is 0 Å². The van der Waals surface area contributed by atoms with Gasteiger partial charge in [0.1, 0.15) is 5.82 Å². The highest BCUT2D eigenvalue weighted by atomic mass is 35.5. The third kappa shape index (κ3) is 7.28. The fraction of sp³-hybridized carbons (Fsp3) is 0.667. The van der Waals surface area contributed by atoms with E-state index < -0.39 is 0 Å². The van der Waals surface area contributed by atoms with E-state index in [4.69, 9.17) is 11.6 Å². The number of nitrogens with one attached hydrogen (secondary N) is 1. The fourth-order valence-electron chi connectivity index (χ4n) is 2.56. The molecule has 3 heteroatoms. The van der Waals surface area contributed by atoms with Crippen molar-refractivity contribution in [2.45, 2.75) is 71.3 Å². The molecule has 0 saturated heterocycles. The van der Waals surface area contributed by atoms with E-state index in [1.165, 1.54) is 38.5 Å². The highest BCUT2D eigenvalue weighted by Crippen LogP contribution is 2.24. The van der Waals surface area contributed by atoms with Crippen LogP contribution in [0.3, 0.4) is 0 Å². The minimum atomic E-state index is -0.319. The minimum absolute atomic E-state index is 0.201. The molecule has 1 aromatic rings. The van der Waals surface area contributed by atoms with Crippen LogP contribution in [0, 0.1) is 5.82 Å². The molecule has 0 radical (unpaired) electrons. The zero-order valence-electron chi connectivity index (χ0n) is 13.4. The Morgan fingerprint density at radius 1 is 1.05 bits per heavy atom. The highest BCUT2D eigenvalue weighted by Gasteiger charge is 2.12. The summed E-state index contributed by atoms with van der Waals surface area (Å²) in [5.74, 6) is -0.319. The molecule has 0 aliphatic carbocycles. The van der Waals surface area contributed by atoms with Gasteiger partial charge in [-0.1, -0.05) is 70.0 Å². The number of hydrogen-bond acceptors (Lipinski definition) is 1. The molecule has 1 nitrogen and oxygen atoms in total. The Labute approximate surface area is 134 Å². The summed E-state index contributed by atoms with van der Waals surface area (Å²) in [6.07, 6.45) is 9.86. The van der Waals surface area contributed by atoms with Crippen LogP contribution in [0.1, 0.15) is 76.8 Å². The van der Waals surface area contributed by atoms with Gasteiger partial charge in [0.2, 0.25) is 0 Å². The number of rotatable bonds is 11. The van der Waals surface area contributed by atoms with Crippen molar-refractivity contribution in [3.05, 3.63) is 34.6 Å². The summed E-state index contributed by atoms with van der Waals surface area (Å²) < 4.78 is 13.6. The summed E-state index contributed by atoms with van der Waals surface area (Å²) >= 11 is 5.77. The van der Waals surface area contributed by atoms with Gasteiger partial charge in [0.25, 0.3) is 0 Å². The number of hydrogen-bond donors (Lipinski definition) is 1. The predicted molar refractivity (Wildman–Crippen MR) is 90.4 cm³/mol. The first-order valence-electron chi connectivity index (χ1n) is 8.37. The molecule has 120 valence electrons. The maximum absolute atomic E-state index is 13.6. The Morgan fingerprint density at radius 3 is 2.43 bits per heavy atom. The molecule has 1 aromatic carbocycles. The third-order valence-electron chi connectivity index (χ3n) is 3.83. The predicted octanol–water partition coefficient (Wildman–Crippen LogP) is 6.27. The lowest BCUT2D eigenvalue weighted by molar-refractivity contribution is 0.464. The molecule has 0 heterocycles. The molecule has 1 N–H and O–H groups in total. The standard InChI is InChI=1S/C18H29ClFN/c1-3-5-6-7-8-9-10-18(21-13-4-2)15-11-12-16(19)17(20)14-15/h11-12,14,18,21H,3-10,13H2,1-2H3. The normalized spacial score (nSPS) is 12.6. The first-order chi connectivity index (χ1) is 10.2. The largest absolute Gasteiger partial charge is 0.310 e. The van der Waals surface area contributed by atoms with Crippen LogP contribution < -0.4 is 5.32 Å². The van der Waals surface area contributed by atoms with Gasteiger partial charge in [0.05, 0.1) is 5.02 Å². The van der Waals surface area contributed by atoms with Crippen molar-refractivity contribution < 1.29 is 4.39 Å². The van der Waals surface area contributed by atoms with Crippen molar-refractivity contribution >= 4 is 11.6 Å². The van der Waals surface area contributed by atoms with Crippen molar-refractivity contribution in [2.24, 2.45) is 0 Å². The van der Waals surface area contributed by atoms with E-state index >= 15 is 0 Å². The number of unbranched alkanes of at least 4 members (excludes halogenated alkanes) is 5. The topological polar surface area (TPSA) is 12.0 Å². The van der Waals surface area contributed by atoms with E-state index in [2.05, 4.69) is 19.2 Å². The molecule has 0 bridgehead atoms. The lowest BCUT2D eigenvalue weighted by atomic mass is 9.99. The monoisotopic (exact) mass is 313 g/mol. The summed E-state index contributed by atoms with van der Waals surface area (Å²) in [5, 5.41) is 3.73. The van der Waals surface area contributed by atoms with Crippen LogP contribution in [0.2, 0.25) is 5.02 Å². The van der Waals surface area contributed by atoms with E-state index in [1.807, 2.05) is 6.07 Å². The highest BCUT2D eigenvalue weighted by molar-refractivity contribution is 6.30. The molecule has 0 aliphatic heterocycles. The molecule has 0 aromatic heterocycles. The van der Waals surface area contributed by atoms with Gasteiger partial charge in [0.15, 0.2) is 0 Å². The quantitative estimate of drug-likeness (QED) is 0.475. The second-order valence-corrected chi connectivity index (χ2v) is 6.14. The summed E-state index contributed by atoms with van der Waals surface area (Å²) in [4.78, 5) is 0. The van der Waals surface area contributed by atoms with Crippen LogP contribution in [0.5, 0.6) is 0 Å². The number of halogens is 2. The van der Waals surface area contributed by atoms with Gasteiger partial charge in [-0.15, -0.1) is 0 Å². The van der Waals surface area contributed by atoms with Crippen molar-refractivity contribution in [2.75, 3.05) is 6.54 Å². The molecular formula is C18H29ClFN. The second kappa shape index (κ2) is 11.0. The lowest BCUT2D eigenvalue weighted by Crippen LogP contribution is -2.22. The maximum Gasteiger partial charge on any atom is 0.142 e. The van der Waals surface area contributed by atoms with Crippen LogP contribution in [0.25, 0.3) is 0 Å². The van der Waals surface area contributed by atoms with Gasteiger partial charge < -0.3 is 5.32 Å². The zero-order valence-corrected chi connectivity index (χ0v) is 14.2. The zero-order chi connectivity index (χ0) is 15.5. The summed E-state index contributed by atoms with van der Waals surface area (Å²) in [5.41, 5.74) is 1.01. The van der Waals surface area contributed by atoms with Crippen LogP contribution in [0.4, 0.5) is 4.39 Å². The lowest BCUT2D eigenvalue weighted by Gasteiger charge is -2.19. The second-order valence-electron chi connectivity index (χ2n) is 5.74. The van der Waals surface area contributed by atoms with Crippen molar-refractivity contribution in [3.63, 3.8) is 0 Å². The molecular weight excluding hydrogens is 285 g/mol. The smallest absolute Gasteiger partial charge is 0.142 e. The van der Waals surface area contributed by atoms with Gasteiger partial charge in [-0.2, -0.15) is 0 Å². The van der Waals surface area contributed by atoms with Crippen LogP contribution in [0.15, 0.2) is 18.2 Å². The first kappa shape index (κ1) is 18.4. The van der Waals surface area contributed by atoms with Crippen LogP contribution >= 0.6 is 11.6 Å². The van der Waals surface area contributed by atoms with E-state index in [0.717, 1.165) is 24.9 Å². The Hall–Kier alpha value is -0.600. The maximum atomic E-state index is 13.6. The Morgan fingerprint density at radius 2 is 1.76 bits per heavy atom. The fourth-order valence-corrected chi connectivity index (χ4v) is 2.68. The molecule has 0 fully saturated rings. The van der Waals surface area contributed by atoms with Gasteiger partial charge in [-0.05, 0) is 37.1 Å². The van der Waals surface area contributed by atoms with Crippen LogP contribution in [-0.2, 0) is 0 Å². The Bertz CT molecular complexity index is 395. The Kier molecular flexibility index (Phi) is 9.69. The van der Waals surface area contributed by atoms with Gasteiger partial charge in [-0.25, -0.2) is 4.39 Å². The average Bonchev–Trinajstić information content (AvgIpc) is 2.49. The SMILES string of the molecule is CCCCCCCCC(NCCC)c1ccc(Cl)c(F)c1. The van der Waals surface area contributed by atoms with Crippen molar-refractivity contribution in [1.29, 1.82) is 0 Å². The average molecular weight is 314 g/mol. The van der Waals surface area contributed by atoms with Crippen molar-refractivity contribution in [1.82, 2.24) is 5.32 Å². The molecule has 0 amide bonds. The van der Waals surface area contributed by atoms with Crippen LogP contribution in [-0.4, -0.2) is 6.54 Å². The first-order valence-corrected chi connectivity index (χ1v) is 8.75. The van der Waals surface area contributed by atoms with Crippen molar-refractivity contribution in [3.8, 4) is 0 Å². The van der Waals surface area contributed by atoms with E-state index in [0.29, 0.717) is 0 Å². The van der Waals surface area contributed by atoms with E-state index in [1.54, 1.807) is 12.1 Å². The molecule has 1 atom stereocenters. The Balaban J connectivity index is 2.48. The van der Waals surface area contributed by atoms with E-state index in [-0.39, 0.29) is 16.9 Å². The van der Waals surface area contributed by atoms with Gasteiger partial charge in [-0.3, -0.25) is 0 Å². The molecule has 0 aliphatic rings. The summed E-state index contributed by atoms with van der Waals surface area (Å²) in [6.45, 7) is 5.35. The van der Waals surface area contributed by atoms with E-state index in [9.17, 15) is 4.39 Å².